The maximum atomic E-state index is 10.5. The van der Waals surface area contributed by atoms with E-state index >= 15 is 0 Å². The fraction of sp³-hybridized carbons (Fsp3) is 0.455. The second-order valence-corrected chi connectivity index (χ2v) is 3.93. The molecule has 0 amide bonds. The lowest BCUT2D eigenvalue weighted by Gasteiger charge is -2.22. The van der Waals surface area contributed by atoms with E-state index in [-0.39, 0.29) is 0 Å². The van der Waals surface area contributed by atoms with E-state index < -0.39 is 5.60 Å². The van der Waals surface area contributed by atoms with Crippen molar-refractivity contribution in [3.8, 4) is 0 Å². The van der Waals surface area contributed by atoms with Gasteiger partial charge in [0.2, 0.25) is 0 Å². The Morgan fingerprint density at radius 3 is 3.00 bits per heavy atom. The number of aryl methyl sites for hydroxylation is 1. The maximum absolute atomic E-state index is 10.5. The molecule has 2 aromatic rings. The van der Waals surface area contributed by atoms with Crippen LogP contribution in [0.1, 0.15) is 31.5 Å². The minimum Gasteiger partial charge on any atom is -0.472 e. The third kappa shape index (κ3) is 1.74. The molecular weight excluding hydrogens is 206 g/mol. The predicted octanol–water partition coefficient (Wildman–Crippen LogP) is 1.54. The first-order chi connectivity index (χ1) is 7.66. The molecule has 0 aliphatic rings. The van der Waals surface area contributed by atoms with E-state index in [1.165, 1.54) is 12.5 Å². The molecule has 0 saturated heterocycles. The van der Waals surface area contributed by atoms with Gasteiger partial charge in [0, 0.05) is 12.1 Å². The third-order valence-electron chi connectivity index (χ3n) is 2.64. The minimum absolute atomic E-state index is 0.677. The van der Waals surface area contributed by atoms with Crippen molar-refractivity contribution < 1.29 is 9.52 Å². The molecule has 0 aliphatic heterocycles. The summed E-state index contributed by atoms with van der Waals surface area (Å²) >= 11 is 0. The summed E-state index contributed by atoms with van der Waals surface area (Å²) in [6, 6.07) is 1.74. The van der Waals surface area contributed by atoms with E-state index in [0.29, 0.717) is 11.3 Å². The Labute approximate surface area is 93.7 Å². The van der Waals surface area contributed by atoms with Crippen molar-refractivity contribution >= 4 is 0 Å². The number of hydrogen-bond donors (Lipinski definition) is 1. The lowest BCUT2D eigenvalue weighted by Crippen LogP contribution is -2.26. The van der Waals surface area contributed by atoms with Gasteiger partial charge in [-0.3, -0.25) is 0 Å². The van der Waals surface area contributed by atoms with Gasteiger partial charge in [-0.05, 0) is 19.4 Å². The van der Waals surface area contributed by atoms with E-state index in [9.17, 15) is 5.11 Å². The Bertz CT molecular complexity index is 446. The van der Waals surface area contributed by atoms with Gasteiger partial charge in [-0.1, -0.05) is 12.1 Å². The van der Waals surface area contributed by atoms with Gasteiger partial charge in [0.05, 0.1) is 24.4 Å². The van der Waals surface area contributed by atoms with Crippen LogP contribution in [-0.4, -0.2) is 20.1 Å². The van der Waals surface area contributed by atoms with Crippen molar-refractivity contribution in [1.82, 2.24) is 15.0 Å². The first-order valence-corrected chi connectivity index (χ1v) is 5.30. The summed E-state index contributed by atoms with van der Waals surface area (Å²) in [6.07, 6.45) is 5.60. The van der Waals surface area contributed by atoms with Crippen LogP contribution in [-0.2, 0) is 12.1 Å². The number of rotatable bonds is 4. The molecule has 0 radical (unpaired) electrons. The molecule has 0 aliphatic carbocycles. The van der Waals surface area contributed by atoms with Crippen LogP contribution in [0.3, 0.4) is 0 Å². The van der Waals surface area contributed by atoms with Crippen LogP contribution in [0.25, 0.3) is 0 Å². The van der Waals surface area contributed by atoms with Crippen LogP contribution in [0.2, 0.25) is 0 Å². The summed E-state index contributed by atoms with van der Waals surface area (Å²) in [5, 5.41) is 18.3. The van der Waals surface area contributed by atoms with Crippen molar-refractivity contribution in [2.45, 2.75) is 32.4 Å². The molecule has 1 atom stereocenters. The van der Waals surface area contributed by atoms with Gasteiger partial charge in [-0.15, -0.1) is 5.10 Å². The molecule has 5 heteroatoms. The summed E-state index contributed by atoms with van der Waals surface area (Å²) in [5.74, 6) is 0. The normalized spacial score (nSPS) is 14.9. The quantitative estimate of drug-likeness (QED) is 0.850. The zero-order valence-corrected chi connectivity index (χ0v) is 9.42. The first-order valence-electron chi connectivity index (χ1n) is 5.30. The van der Waals surface area contributed by atoms with Gasteiger partial charge >= 0.3 is 0 Å². The molecule has 2 heterocycles. The molecule has 2 rings (SSSR count). The van der Waals surface area contributed by atoms with Crippen LogP contribution >= 0.6 is 0 Å². The van der Waals surface area contributed by atoms with E-state index in [1.807, 2.05) is 0 Å². The summed E-state index contributed by atoms with van der Waals surface area (Å²) in [5.41, 5.74) is 0.258. The number of hydrogen-bond acceptors (Lipinski definition) is 4. The average molecular weight is 221 g/mol. The smallest absolute Gasteiger partial charge is 0.133 e. The van der Waals surface area contributed by atoms with Crippen molar-refractivity contribution in [2.24, 2.45) is 0 Å². The number of aromatic nitrogens is 3. The molecule has 1 N–H and O–H groups in total. The van der Waals surface area contributed by atoms with E-state index in [1.54, 1.807) is 23.9 Å². The van der Waals surface area contributed by atoms with Gasteiger partial charge < -0.3 is 9.52 Å². The summed E-state index contributed by atoms with van der Waals surface area (Å²) in [7, 11) is 0. The van der Waals surface area contributed by atoms with Gasteiger partial charge in [0.25, 0.3) is 0 Å². The van der Waals surface area contributed by atoms with Gasteiger partial charge in [0.1, 0.15) is 5.60 Å². The second-order valence-electron chi connectivity index (χ2n) is 3.93. The molecule has 0 spiro atoms. The van der Waals surface area contributed by atoms with Crippen molar-refractivity contribution in [3.63, 3.8) is 0 Å². The van der Waals surface area contributed by atoms with E-state index in [2.05, 4.69) is 17.2 Å². The van der Waals surface area contributed by atoms with Gasteiger partial charge in [-0.2, -0.15) is 0 Å². The van der Waals surface area contributed by atoms with Gasteiger partial charge in [-0.25, -0.2) is 4.68 Å². The average Bonchev–Trinajstić information content (AvgIpc) is 2.88. The summed E-state index contributed by atoms with van der Waals surface area (Å²) in [4.78, 5) is 0. The Hall–Kier alpha value is -1.62. The number of furan rings is 1. The molecule has 5 nitrogen and oxygen atoms in total. The molecule has 86 valence electrons. The largest absolute Gasteiger partial charge is 0.472 e. The Balaban J connectivity index is 2.39. The van der Waals surface area contributed by atoms with Gasteiger partial charge in [0.15, 0.2) is 0 Å². The highest BCUT2D eigenvalue weighted by Crippen LogP contribution is 2.28. The molecular formula is C11H15N3O2. The molecule has 0 bridgehead atoms. The molecule has 0 fully saturated rings. The highest BCUT2D eigenvalue weighted by atomic mass is 16.3. The Morgan fingerprint density at radius 2 is 2.38 bits per heavy atom. The Kier molecular flexibility index (Phi) is 2.78. The summed E-state index contributed by atoms with van der Waals surface area (Å²) in [6.45, 7) is 4.50. The van der Waals surface area contributed by atoms with E-state index in [0.717, 1.165) is 13.0 Å². The highest BCUT2D eigenvalue weighted by Gasteiger charge is 2.30. The van der Waals surface area contributed by atoms with Crippen LogP contribution in [0.15, 0.2) is 29.2 Å². The van der Waals surface area contributed by atoms with Crippen LogP contribution in [0.5, 0.6) is 0 Å². The van der Waals surface area contributed by atoms with Crippen molar-refractivity contribution in [1.29, 1.82) is 0 Å². The minimum atomic E-state index is -1.12. The van der Waals surface area contributed by atoms with Crippen LogP contribution < -0.4 is 0 Å². The summed E-state index contributed by atoms with van der Waals surface area (Å²) < 4.78 is 6.70. The van der Waals surface area contributed by atoms with Crippen molar-refractivity contribution in [3.05, 3.63) is 36.0 Å². The molecule has 1 unspecified atom stereocenters. The standard InChI is InChI=1S/C11H15N3O2/c1-3-5-14-10(7-12-13-14)11(2,15)9-4-6-16-8-9/h4,6-8,15H,3,5H2,1-2H3. The lowest BCUT2D eigenvalue weighted by atomic mass is 9.95. The number of aliphatic hydroxyl groups is 1. The third-order valence-corrected chi connectivity index (χ3v) is 2.64. The molecule has 2 aromatic heterocycles. The second kappa shape index (κ2) is 4.09. The SMILES string of the molecule is CCCn1nncc1C(C)(O)c1ccoc1. The first kappa shape index (κ1) is 10.9. The van der Waals surface area contributed by atoms with Crippen LogP contribution in [0.4, 0.5) is 0 Å². The lowest BCUT2D eigenvalue weighted by molar-refractivity contribution is 0.0907. The number of nitrogens with zero attached hydrogens (tertiary/aromatic N) is 3. The topological polar surface area (TPSA) is 64.1 Å². The van der Waals surface area contributed by atoms with Crippen LogP contribution in [0, 0.1) is 0 Å². The maximum Gasteiger partial charge on any atom is 0.133 e. The molecule has 16 heavy (non-hydrogen) atoms. The monoisotopic (exact) mass is 221 g/mol. The zero-order valence-electron chi connectivity index (χ0n) is 9.42. The fourth-order valence-electron chi connectivity index (χ4n) is 1.70. The fourth-order valence-corrected chi connectivity index (χ4v) is 1.70. The highest BCUT2D eigenvalue weighted by molar-refractivity contribution is 5.26. The Morgan fingerprint density at radius 1 is 1.56 bits per heavy atom. The zero-order chi connectivity index (χ0) is 11.6. The van der Waals surface area contributed by atoms with E-state index in [4.69, 9.17) is 4.42 Å². The predicted molar refractivity (Wildman–Crippen MR) is 57.7 cm³/mol. The molecule has 0 aromatic carbocycles. The molecule has 0 saturated carbocycles. The van der Waals surface area contributed by atoms with Crippen molar-refractivity contribution in [2.75, 3.05) is 0 Å².